The predicted octanol–water partition coefficient (Wildman–Crippen LogP) is 5.37. The van der Waals surface area contributed by atoms with Crippen molar-refractivity contribution in [2.24, 2.45) is 0 Å². The van der Waals surface area contributed by atoms with Gasteiger partial charge >= 0.3 is 0 Å². The summed E-state index contributed by atoms with van der Waals surface area (Å²) in [6.45, 7) is 1.75. The molecule has 1 saturated heterocycles. The average Bonchev–Trinajstić information content (AvgIpc) is 3.31. The van der Waals surface area contributed by atoms with Gasteiger partial charge in [0, 0.05) is 11.3 Å². The fourth-order valence-electron chi connectivity index (χ4n) is 3.85. The van der Waals surface area contributed by atoms with E-state index in [1.807, 2.05) is 60.7 Å². The van der Waals surface area contributed by atoms with Crippen LogP contribution in [0, 0.1) is 0 Å². The van der Waals surface area contributed by atoms with Crippen LogP contribution in [0.25, 0.3) is 0 Å². The summed E-state index contributed by atoms with van der Waals surface area (Å²) in [5.74, 6) is -0.423. The number of anilines is 2. The zero-order chi connectivity index (χ0) is 21.6. The molecule has 1 unspecified atom stereocenters. The third kappa shape index (κ3) is 5.13. The molecule has 1 aliphatic heterocycles. The van der Waals surface area contributed by atoms with Crippen molar-refractivity contribution in [3.8, 4) is 0 Å². The highest BCUT2D eigenvalue weighted by Gasteiger charge is 2.30. The number of rotatable bonds is 6. The topological polar surface area (TPSA) is 61.4 Å². The fraction of sp³-hybridized carbons (Fsp3) is 0.200. The van der Waals surface area contributed by atoms with Gasteiger partial charge < -0.3 is 10.6 Å². The Balaban J connectivity index is 1.55. The van der Waals surface area contributed by atoms with Gasteiger partial charge in [0.2, 0.25) is 5.91 Å². The van der Waals surface area contributed by atoms with E-state index in [-0.39, 0.29) is 11.8 Å². The second-order valence-corrected chi connectivity index (χ2v) is 7.97. The Kier molecular flexibility index (Phi) is 6.65. The van der Waals surface area contributed by atoms with Crippen molar-refractivity contribution in [2.75, 3.05) is 23.7 Å². The minimum atomic E-state index is -0.401. The average molecular weight is 434 g/mol. The van der Waals surface area contributed by atoms with E-state index in [2.05, 4.69) is 15.5 Å². The molecule has 1 fully saturated rings. The minimum absolute atomic E-state index is 0.157. The summed E-state index contributed by atoms with van der Waals surface area (Å²) in [4.78, 5) is 28.2. The number of carbonyl (C=O) groups is 2. The van der Waals surface area contributed by atoms with Gasteiger partial charge in [0.25, 0.3) is 5.91 Å². The normalized spacial score (nSPS) is 14.7. The van der Waals surface area contributed by atoms with E-state index in [4.69, 9.17) is 11.6 Å². The molecule has 0 spiro atoms. The Morgan fingerprint density at radius 3 is 2.16 bits per heavy atom. The molecule has 2 amide bonds. The van der Waals surface area contributed by atoms with E-state index >= 15 is 0 Å². The van der Waals surface area contributed by atoms with Crippen LogP contribution in [-0.4, -0.2) is 29.8 Å². The maximum atomic E-state index is 13.3. The Morgan fingerprint density at radius 2 is 1.48 bits per heavy atom. The van der Waals surface area contributed by atoms with E-state index in [9.17, 15) is 9.59 Å². The second kappa shape index (κ2) is 9.77. The number of benzene rings is 3. The van der Waals surface area contributed by atoms with Gasteiger partial charge in [-0.05, 0) is 61.8 Å². The fourth-order valence-corrected chi connectivity index (χ4v) is 4.02. The first-order chi connectivity index (χ1) is 15.1. The van der Waals surface area contributed by atoms with Gasteiger partial charge in [-0.15, -0.1) is 0 Å². The van der Waals surface area contributed by atoms with Crippen molar-refractivity contribution in [3.63, 3.8) is 0 Å². The van der Waals surface area contributed by atoms with E-state index in [0.29, 0.717) is 22.0 Å². The van der Waals surface area contributed by atoms with Crippen LogP contribution in [0.4, 0.5) is 11.4 Å². The lowest BCUT2D eigenvalue weighted by atomic mass is 10.0. The van der Waals surface area contributed by atoms with Crippen molar-refractivity contribution in [2.45, 2.75) is 18.9 Å². The van der Waals surface area contributed by atoms with Crippen LogP contribution in [0.5, 0.6) is 0 Å². The van der Waals surface area contributed by atoms with Crippen LogP contribution in [0.1, 0.15) is 34.8 Å². The summed E-state index contributed by atoms with van der Waals surface area (Å²) < 4.78 is 0. The SMILES string of the molecule is O=C(Nc1ccccc1)c1ccc(Cl)c(NC(=O)C(c2ccccc2)N2CCCC2)c1. The maximum Gasteiger partial charge on any atom is 0.255 e. The van der Waals surface area contributed by atoms with Gasteiger partial charge in [0.1, 0.15) is 6.04 Å². The summed E-state index contributed by atoms with van der Waals surface area (Å²) in [7, 11) is 0. The number of likely N-dealkylation sites (tertiary alicyclic amines) is 1. The first kappa shape index (κ1) is 21.1. The van der Waals surface area contributed by atoms with Crippen LogP contribution >= 0.6 is 11.6 Å². The molecule has 3 aromatic carbocycles. The Morgan fingerprint density at radius 1 is 0.839 bits per heavy atom. The van der Waals surface area contributed by atoms with Crippen LogP contribution in [-0.2, 0) is 4.79 Å². The lowest BCUT2D eigenvalue weighted by Crippen LogP contribution is -2.35. The smallest absolute Gasteiger partial charge is 0.255 e. The summed E-state index contributed by atoms with van der Waals surface area (Å²) in [5.41, 5.74) is 2.48. The van der Waals surface area contributed by atoms with Crippen molar-refractivity contribution < 1.29 is 9.59 Å². The molecule has 1 atom stereocenters. The Hall–Kier alpha value is -3.15. The number of para-hydroxylation sites is 1. The van der Waals surface area contributed by atoms with E-state index in [0.717, 1.165) is 31.5 Å². The van der Waals surface area contributed by atoms with Crippen molar-refractivity contribution in [1.29, 1.82) is 0 Å². The molecule has 0 radical (unpaired) electrons. The standard InChI is InChI=1S/C25H24ClN3O2/c26-21-14-13-19(24(30)27-20-11-5-2-6-12-20)17-22(21)28-25(31)23(29-15-7-8-16-29)18-9-3-1-4-10-18/h1-6,9-14,17,23H,7-8,15-16H2,(H,27,30)(H,28,31). The van der Waals surface area contributed by atoms with Gasteiger partial charge in [-0.2, -0.15) is 0 Å². The van der Waals surface area contributed by atoms with Gasteiger partial charge in [-0.3, -0.25) is 14.5 Å². The molecule has 31 heavy (non-hydrogen) atoms. The monoisotopic (exact) mass is 433 g/mol. The second-order valence-electron chi connectivity index (χ2n) is 7.56. The molecule has 5 nitrogen and oxygen atoms in total. The highest BCUT2D eigenvalue weighted by Crippen LogP contribution is 2.29. The summed E-state index contributed by atoms with van der Waals surface area (Å²) in [5, 5.41) is 6.19. The lowest BCUT2D eigenvalue weighted by Gasteiger charge is -2.27. The lowest BCUT2D eigenvalue weighted by molar-refractivity contribution is -0.121. The number of amides is 2. The van der Waals surface area contributed by atoms with E-state index in [1.54, 1.807) is 18.2 Å². The van der Waals surface area contributed by atoms with Crippen LogP contribution in [0.15, 0.2) is 78.9 Å². The number of hydrogen-bond acceptors (Lipinski definition) is 3. The molecule has 6 heteroatoms. The number of nitrogens with one attached hydrogen (secondary N) is 2. The van der Waals surface area contributed by atoms with Gasteiger partial charge in [0.15, 0.2) is 0 Å². The summed E-state index contributed by atoms with van der Waals surface area (Å²) in [6.07, 6.45) is 2.15. The third-order valence-corrected chi connectivity index (χ3v) is 5.72. The maximum absolute atomic E-state index is 13.3. The quantitative estimate of drug-likeness (QED) is 0.549. The van der Waals surface area contributed by atoms with Crippen LogP contribution in [0.2, 0.25) is 5.02 Å². The molecule has 2 N–H and O–H groups in total. The molecule has 3 aromatic rings. The van der Waals surface area contributed by atoms with Crippen molar-refractivity contribution in [1.82, 2.24) is 4.90 Å². The molecule has 1 heterocycles. The zero-order valence-electron chi connectivity index (χ0n) is 17.1. The van der Waals surface area contributed by atoms with Gasteiger partial charge in [-0.1, -0.05) is 60.1 Å². The minimum Gasteiger partial charge on any atom is -0.323 e. The van der Waals surface area contributed by atoms with Crippen LogP contribution < -0.4 is 10.6 Å². The van der Waals surface area contributed by atoms with Crippen LogP contribution in [0.3, 0.4) is 0 Å². The predicted molar refractivity (Wildman–Crippen MR) is 124 cm³/mol. The largest absolute Gasteiger partial charge is 0.323 e. The molecule has 4 rings (SSSR count). The van der Waals surface area contributed by atoms with Crippen molar-refractivity contribution >= 4 is 34.8 Å². The Labute approximate surface area is 187 Å². The molecule has 0 saturated carbocycles. The molecule has 1 aliphatic rings. The molecule has 0 aromatic heterocycles. The Bertz CT molecular complexity index is 1050. The number of carbonyl (C=O) groups excluding carboxylic acids is 2. The van der Waals surface area contributed by atoms with E-state index < -0.39 is 6.04 Å². The molecule has 158 valence electrons. The first-order valence-corrected chi connectivity index (χ1v) is 10.8. The molecule has 0 aliphatic carbocycles. The summed E-state index contributed by atoms with van der Waals surface area (Å²) in [6, 6.07) is 23.5. The van der Waals surface area contributed by atoms with Gasteiger partial charge in [0.05, 0.1) is 10.7 Å². The zero-order valence-corrected chi connectivity index (χ0v) is 17.8. The highest BCUT2D eigenvalue weighted by atomic mass is 35.5. The third-order valence-electron chi connectivity index (χ3n) is 5.39. The number of hydrogen-bond donors (Lipinski definition) is 2. The van der Waals surface area contributed by atoms with E-state index in [1.165, 1.54) is 0 Å². The first-order valence-electron chi connectivity index (χ1n) is 10.4. The molecular formula is C25H24ClN3O2. The highest BCUT2D eigenvalue weighted by molar-refractivity contribution is 6.34. The summed E-state index contributed by atoms with van der Waals surface area (Å²) >= 11 is 6.36. The molecular weight excluding hydrogens is 410 g/mol. The molecule has 0 bridgehead atoms. The number of halogens is 1. The number of nitrogens with zero attached hydrogens (tertiary/aromatic N) is 1. The van der Waals surface area contributed by atoms with Crippen molar-refractivity contribution in [3.05, 3.63) is 95.0 Å². The van der Waals surface area contributed by atoms with Gasteiger partial charge in [-0.25, -0.2) is 0 Å².